The molecule has 0 fully saturated rings. The maximum absolute atomic E-state index is 14.2. The number of methoxy groups -OCH3 is 1. The molecule has 1 aromatic carbocycles. The number of nitrogens with zero attached hydrogens (tertiary/aromatic N) is 6. The minimum absolute atomic E-state index is 0.0867. The average Bonchev–Trinajstić information content (AvgIpc) is 3.16. The number of amides is 1. The zero-order chi connectivity index (χ0) is 23.0. The van der Waals surface area contributed by atoms with Crippen LogP contribution < -0.4 is 11.5 Å². The maximum Gasteiger partial charge on any atom is 0.410 e. The zero-order valence-electron chi connectivity index (χ0n) is 17.9. The van der Waals surface area contributed by atoms with Crippen molar-refractivity contribution in [3.8, 4) is 0 Å². The Hall–Kier alpha value is -3.86. The first kappa shape index (κ1) is 21.4. The number of hydrogen-bond donors (Lipinski definition) is 2. The Morgan fingerprint density at radius 3 is 2.75 bits per heavy atom. The fourth-order valence-corrected chi connectivity index (χ4v) is 3.55. The van der Waals surface area contributed by atoms with Crippen molar-refractivity contribution in [2.24, 2.45) is 21.5 Å². The zero-order valence-corrected chi connectivity index (χ0v) is 17.9. The number of fused-ring (bicyclic) bond motifs is 1. The van der Waals surface area contributed by atoms with E-state index in [4.69, 9.17) is 16.2 Å². The highest BCUT2D eigenvalue weighted by Crippen LogP contribution is 2.26. The molecule has 0 radical (unpaired) electrons. The Morgan fingerprint density at radius 1 is 1.31 bits per heavy atom. The summed E-state index contributed by atoms with van der Waals surface area (Å²) in [7, 11) is 2.77. The molecule has 3 aromatic rings. The van der Waals surface area contributed by atoms with E-state index in [1.54, 1.807) is 42.1 Å². The lowest BCUT2D eigenvalue weighted by Crippen LogP contribution is -2.66. The largest absolute Gasteiger partial charge is 0.453 e. The molecule has 1 amide bonds. The number of rotatable bonds is 4. The van der Waals surface area contributed by atoms with Gasteiger partial charge in [0.25, 0.3) is 0 Å². The quantitative estimate of drug-likeness (QED) is 0.633. The Balaban J connectivity index is 1.77. The van der Waals surface area contributed by atoms with Crippen molar-refractivity contribution in [2.45, 2.75) is 25.2 Å². The molecule has 10 nitrogen and oxygen atoms in total. The first-order valence-electron chi connectivity index (χ1n) is 9.82. The first-order chi connectivity index (χ1) is 15.3. The summed E-state index contributed by atoms with van der Waals surface area (Å²) in [6.45, 7) is 1.83. The van der Waals surface area contributed by atoms with E-state index in [0.29, 0.717) is 22.3 Å². The molecule has 1 aliphatic heterocycles. The van der Waals surface area contributed by atoms with E-state index >= 15 is 0 Å². The molecular formula is C21H23FN8O2. The van der Waals surface area contributed by atoms with E-state index in [2.05, 4.69) is 20.1 Å². The molecule has 0 spiro atoms. The van der Waals surface area contributed by atoms with Crippen molar-refractivity contribution < 1.29 is 13.9 Å². The second-order valence-electron chi connectivity index (χ2n) is 7.54. The number of aliphatic imine (C=N–C) groups is 2. The highest BCUT2D eigenvalue weighted by Gasteiger charge is 2.46. The molecule has 0 saturated carbocycles. The van der Waals surface area contributed by atoms with Crippen LogP contribution in [0.4, 0.5) is 9.18 Å². The summed E-state index contributed by atoms with van der Waals surface area (Å²) in [5.74, 6) is -0.0471. The summed E-state index contributed by atoms with van der Waals surface area (Å²) in [5.41, 5.74) is 12.8. The van der Waals surface area contributed by atoms with Crippen molar-refractivity contribution in [1.29, 1.82) is 0 Å². The van der Waals surface area contributed by atoms with Gasteiger partial charge in [-0.15, -0.1) is 0 Å². The van der Waals surface area contributed by atoms with Gasteiger partial charge in [-0.25, -0.2) is 28.8 Å². The standard InChI is InChI=1S/C21H23FN8O2/c1-21(29(2)20(31)32-3)18(23)26-16(27-19(21)24)15-13-8-6-10-25-17(13)30(28-15)11-12-7-4-5-9-14(12)22/h4-10,18H,11,23H2,1-3H3,(H2,24,26,27). The second-order valence-corrected chi connectivity index (χ2v) is 7.54. The fraction of sp³-hybridized carbons (Fsp3) is 0.286. The van der Waals surface area contributed by atoms with Crippen molar-refractivity contribution in [2.75, 3.05) is 14.2 Å². The lowest BCUT2D eigenvalue weighted by Gasteiger charge is -2.41. The molecule has 0 saturated heterocycles. The van der Waals surface area contributed by atoms with Gasteiger partial charge in [-0.05, 0) is 25.1 Å². The third kappa shape index (κ3) is 3.36. The number of amidine groups is 2. The summed E-state index contributed by atoms with van der Waals surface area (Å²) in [4.78, 5) is 26.6. The normalized spacial score (nSPS) is 20.6. The first-order valence-corrected chi connectivity index (χ1v) is 9.82. The van der Waals surface area contributed by atoms with Gasteiger partial charge in [0.15, 0.2) is 11.5 Å². The molecule has 3 heterocycles. The Bertz CT molecular complexity index is 1250. The SMILES string of the molecule is COC(=O)N(C)C1(C)C(N)=NC(c2nn(Cc3ccccc3F)c3ncccc23)=NC1N. The number of carbonyl (C=O) groups excluding carboxylic acids is 1. The number of pyridine rings is 1. The molecule has 2 aromatic heterocycles. The van der Waals surface area contributed by atoms with Crippen LogP contribution in [0.1, 0.15) is 18.2 Å². The molecule has 11 heteroatoms. The minimum Gasteiger partial charge on any atom is -0.453 e. The molecular weight excluding hydrogens is 415 g/mol. The van der Waals surface area contributed by atoms with Crippen LogP contribution in [0.2, 0.25) is 0 Å². The summed E-state index contributed by atoms with van der Waals surface area (Å²) in [6, 6.07) is 10.0. The van der Waals surface area contributed by atoms with Gasteiger partial charge in [-0.3, -0.25) is 4.90 Å². The van der Waals surface area contributed by atoms with Gasteiger partial charge in [0, 0.05) is 18.8 Å². The molecule has 4 N–H and O–H groups in total. The van der Waals surface area contributed by atoms with Gasteiger partial charge in [-0.1, -0.05) is 18.2 Å². The lowest BCUT2D eigenvalue weighted by molar-refractivity contribution is 0.0993. The Morgan fingerprint density at radius 2 is 2.06 bits per heavy atom. The van der Waals surface area contributed by atoms with Gasteiger partial charge in [0.2, 0.25) is 0 Å². The highest BCUT2D eigenvalue weighted by atomic mass is 19.1. The van der Waals surface area contributed by atoms with Crippen LogP contribution >= 0.6 is 0 Å². The van der Waals surface area contributed by atoms with Crippen LogP contribution in [-0.4, -0.2) is 63.3 Å². The monoisotopic (exact) mass is 438 g/mol. The molecule has 2 atom stereocenters. The van der Waals surface area contributed by atoms with Gasteiger partial charge in [-0.2, -0.15) is 5.10 Å². The third-order valence-corrected chi connectivity index (χ3v) is 5.72. The van der Waals surface area contributed by atoms with Crippen molar-refractivity contribution in [3.63, 3.8) is 0 Å². The predicted molar refractivity (Wildman–Crippen MR) is 118 cm³/mol. The van der Waals surface area contributed by atoms with Crippen LogP contribution in [0.15, 0.2) is 52.6 Å². The van der Waals surface area contributed by atoms with E-state index in [-0.39, 0.29) is 24.0 Å². The van der Waals surface area contributed by atoms with Crippen LogP contribution in [0, 0.1) is 5.82 Å². The number of aromatic nitrogens is 3. The molecule has 0 aliphatic carbocycles. The maximum atomic E-state index is 14.2. The van der Waals surface area contributed by atoms with Crippen molar-refractivity contribution in [1.82, 2.24) is 19.7 Å². The van der Waals surface area contributed by atoms with Gasteiger partial charge < -0.3 is 16.2 Å². The summed E-state index contributed by atoms with van der Waals surface area (Å²) in [6.07, 6.45) is 0.0752. The van der Waals surface area contributed by atoms with Crippen LogP contribution in [0.5, 0.6) is 0 Å². The van der Waals surface area contributed by atoms with Gasteiger partial charge in [0.05, 0.1) is 19.0 Å². The molecule has 4 rings (SSSR count). The molecule has 1 aliphatic rings. The Labute approximate surface area is 183 Å². The topological polar surface area (TPSA) is 137 Å². The highest BCUT2D eigenvalue weighted by molar-refractivity contribution is 6.14. The molecule has 0 bridgehead atoms. The molecule has 2 unspecified atom stereocenters. The number of hydrogen-bond acceptors (Lipinski definition) is 8. The van der Waals surface area contributed by atoms with E-state index in [1.165, 1.54) is 25.1 Å². The van der Waals surface area contributed by atoms with E-state index in [0.717, 1.165) is 0 Å². The number of likely N-dealkylation sites (N-methyl/N-ethyl adjacent to an activating group) is 1. The number of carbonyl (C=O) groups is 1. The molecule has 166 valence electrons. The van der Waals surface area contributed by atoms with Gasteiger partial charge in [0.1, 0.15) is 29.1 Å². The summed E-state index contributed by atoms with van der Waals surface area (Å²) in [5, 5.41) is 5.26. The number of nitrogens with two attached hydrogens (primary N) is 2. The average molecular weight is 438 g/mol. The smallest absolute Gasteiger partial charge is 0.410 e. The lowest BCUT2D eigenvalue weighted by atomic mass is 9.94. The number of benzene rings is 1. The number of halogens is 1. The van der Waals surface area contributed by atoms with Crippen molar-refractivity contribution in [3.05, 3.63) is 59.7 Å². The fourth-order valence-electron chi connectivity index (χ4n) is 3.55. The van der Waals surface area contributed by atoms with Crippen LogP contribution in [0.25, 0.3) is 11.0 Å². The molecule has 32 heavy (non-hydrogen) atoms. The number of ether oxygens (including phenoxy) is 1. The van der Waals surface area contributed by atoms with E-state index in [9.17, 15) is 9.18 Å². The van der Waals surface area contributed by atoms with E-state index in [1.807, 2.05) is 6.07 Å². The van der Waals surface area contributed by atoms with Crippen molar-refractivity contribution >= 4 is 28.8 Å². The summed E-state index contributed by atoms with van der Waals surface area (Å²) < 4.78 is 20.6. The second kappa shape index (κ2) is 8.00. The van der Waals surface area contributed by atoms with E-state index < -0.39 is 17.8 Å². The summed E-state index contributed by atoms with van der Waals surface area (Å²) >= 11 is 0. The Kier molecular flexibility index (Phi) is 5.35. The predicted octanol–water partition coefficient (Wildman–Crippen LogP) is 1.48. The van der Waals surface area contributed by atoms with Gasteiger partial charge >= 0.3 is 6.09 Å². The van der Waals surface area contributed by atoms with Crippen LogP contribution in [-0.2, 0) is 11.3 Å². The third-order valence-electron chi connectivity index (χ3n) is 5.72. The minimum atomic E-state index is -1.19. The van der Waals surface area contributed by atoms with Crippen LogP contribution in [0.3, 0.4) is 0 Å².